The Morgan fingerprint density at radius 1 is 1.08 bits per heavy atom. The lowest BCUT2D eigenvalue weighted by atomic mass is 9.69. The summed E-state index contributed by atoms with van der Waals surface area (Å²) in [6.07, 6.45) is 0.828. The van der Waals surface area contributed by atoms with E-state index in [1.54, 1.807) is 0 Å². The van der Waals surface area contributed by atoms with E-state index in [0.717, 1.165) is 6.42 Å². The fraction of sp³-hybridized carbons (Fsp3) is 0.778. The topological polar surface area (TPSA) is 82.1 Å². The standard InChI is InChI=1S/C18H28O6/c1-9(8-22-21)23-16(19)14-12-7-13(11(3)10(12)2)15(14)17(20)24-18(4,5)6/h10-15,21H,1,7-8H2,2-6H3. The summed E-state index contributed by atoms with van der Waals surface area (Å²) in [7, 11) is 0. The van der Waals surface area contributed by atoms with Crippen LogP contribution in [0.25, 0.3) is 0 Å². The van der Waals surface area contributed by atoms with Gasteiger partial charge >= 0.3 is 11.9 Å². The van der Waals surface area contributed by atoms with E-state index in [4.69, 9.17) is 14.7 Å². The molecule has 1 N–H and O–H groups in total. The molecule has 6 unspecified atom stereocenters. The third kappa shape index (κ3) is 3.64. The number of hydrogen-bond donors (Lipinski definition) is 1. The molecule has 0 amide bonds. The zero-order chi connectivity index (χ0) is 18.2. The smallest absolute Gasteiger partial charge is 0.315 e. The highest BCUT2D eigenvalue weighted by Gasteiger charge is 2.61. The molecular formula is C18H28O6. The molecule has 0 spiro atoms. The van der Waals surface area contributed by atoms with E-state index in [9.17, 15) is 9.59 Å². The molecule has 2 aliphatic carbocycles. The van der Waals surface area contributed by atoms with Gasteiger partial charge in [0.05, 0.1) is 11.8 Å². The van der Waals surface area contributed by atoms with Gasteiger partial charge in [0.2, 0.25) is 0 Å². The average molecular weight is 340 g/mol. The summed E-state index contributed by atoms with van der Waals surface area (Å²) in [5.74, 6) is -0.901. The molecule has 6 atom stereocenters. The van der Waals surface area contributed by atoms with Crippen LogP contribution < -0.4 is 0 Å². The lowest BCUT2D eigenvalue weighted by Gasteiger charge is -2.37. The maximum atomic E-state index is 12.7. The second-order valence-electron chi connectivity index (χ2n) is 8.10. The highest BCUT2D eigenvalue weighted by molar-refractivity contribution is 5.84. The van der Waals surface area contributed by atoms with Crippen LogP contribution >= 0.6 is 0 Å². The molecule has 2 rings (SSSR count). The van der Waals surface area contributed by atoms with Gasteiger partial charge in [-0.2, -0.15) is 0 Å². The molecule has 0 aromatic heterocycles. The number of rotatable bonds is 5. The van der Waals surface area contributed by atoms with E-state index in [0.29, 0.717) is 11.8 Å². The number of fused-ring (bicyclic) bond motifs is 2. The van der Waals surface area contributed by atoms with Crippen LogP contribution in [-0.2, 0) is 24.0 Å². The minimum absolute atomic E-state index is 0.0221. The largest absolute Gasteiger partial charge is 0.460 e. The van der Waals surface area contributed by atoms with Gasteiger partial charge in [0.25, 0.3) is 0 Å². The normalized spacial score (nSPS) is 34.9. The Hall–Kier alpha value is -1.40. The van der Waals surface area contributed by atoms with Crippen LogP contribution in [-0.4, -0.2) is 29.4 Å². The van der Waals surface area contributed by atoms with Gasteiger partial charge in [0.15, 0.2) is 0 Å². The van der Waals surface area contributed by atoms with Gasteiger partial charge in [-0.15, -0.1) is 0 Å². The van der Waals surface area contributed by atoms with Crippen molar-refractivity contribution in [3.63, 3.8) is 0 Å². The van der Waals surface area contributed by atoms with Crippen LogP contribution in [0, 0.1) is 35.5 Å². The molecule has 2 aliphatic rings. The summed E-state index contributed by atoms with van der Waals surface area (Å²) < 4.78 is 10.8. The van der Waals surface area contributed by atoms with Crippen molar-refractivity contribution in [3.8, 4) is 0 Å². The van der Waals surface area contributed by atoms with Crippen LogP contribution in [0.1, 0.15) is 41.0 Å². The molecule has 2 bridgehead atoms. The number of esters is 2. The zero-order valence-corrected chi connectivity index (χ0v) is 15.1. The molecule has 0 aromatic rings. The van der Waals surface area contributed by atoms with Crippen molar-refractivity contribution >= 4 is 11.9 Å². The van der Waals surface area contributed by atoms with Crippen molar-refractivity contribution < 1.29 is 29.2 Å². The summed E-state index contributed by atoms with van der Waals surface area (Å²) in [4.78, 5) is 29.3. The lowest BCUT2D eigenvalue weighted by molar-refractivity contribution is -0.239. The molecule has 136 valence electrons. The Balaban J connectivity index is 2.20. The molecule has 0 heterocycles. The van der Waals surface area contributed by atoms with Crippen molar-refractivity contribution in [2.75, 3.05) is 6.61 Å². The highest BCUT2D eigenvalue weighted by Crippen LogP contribution is 2.58. The monoisotopic (exact) mass is 340 g/mol. The second kappa shape index (κ2) is 6.84. The van der Waals surface area contributed by atoms with Crippen LogP contribution in [0.15, 0.2) is 12.3 Å². The molecule has 6 heteroatoms. The Morgan fingerprint density at radius 3 is 2.04 bits per heavy atom. The molecule has 2 saturated carbocycles. The van der Waals surface area contributed by atoms with E-state index in [1.165, 1.54) is 0 Å². The second-order valence-corrected chi connectivity index (χ2v) is 8.10. The van der Waals surface area contributed by atoms with Gasteiger partial charge in [0.1, 0.15) is 18.0 Å². The SMILES string of the molecule is C=C(COO)OC(=O)C1C2CC(C(C)C2C)C1C(=O)OC(C)(C)C. The van der Waals surface area contributed by atoms with E-state index in [1.807, 2.05) is 20.8 Å². The van der Waals surface area contributed by atoms with Gasteiger partial charge in [-0.1, -0.05) is 20.4 Å². The number of carbonyl (C=O) groups excluding carboxylic acids is 2. The van der Waals surface area contributed by atoms with Gasteiger partial charge in [0, 0.05) is 0 Å². The first-order chi connectivity index (χ1) is 11.1. The van der Waals surface area contributed by atoms with E-state index in [2.05, 4.69) is 25.3 Å². The summed E-state index contributed by atoms with van der Waals surface area (Å²) >= 11 is 0. The zero-order valence-electron chi connectivity index (χ0n) is 15.1. The number of hydrogen-bond acceptors (Lipinski definition) is 6. The molecule has 0 saturated heterocycles. The highest BCUT2D eigenvalue weighted by atomic mass is 17.1. The van der Waals surface area contributed by atoms with E-state index in [-0.39, 0.29) is 30.2 Å². The first-order valence-corrected chi connectivity index (χ1v) is 8.45. The first kappa shape index (κ1) is 18.9. The van der Waals surface area contributed by atoms with Crippen LogP contribution in [0.4, 0.5) is 0 Å². The minimum atomic E-state index is -0.601. The lowest BCUT2D eigenvalue weighted by Crippen LogP contribution is -2.44. The van der Waals surface area contributed by atoms with Crippen molar-refractivity contribution in [2.45, 2.75) is 46.6 Å². The van der Waals surface area contributed by atoms with Crippen molar-refractivity contribution in [1.29, 1.82) is 0 Å². The van der Waals surface area contributed by atoms with E-state index >= 15 is 0 Å². The maximum absolute atomic E-state index is 12.7. The minimum Gasteiger partial charge on any atom is -0.460 e. The predicted molar refractivity (Wildman–Crippen MR) is 86.6 cm³/mol. The fourth-order valence-corrected chi connectivity index (χ4v) is 4.33. The Morgan fingerprint density at radius 2 is 1.58 bits per heavy atom. The molecular weight excluding hydrogens is 312 g/mol. The fourth-order valence-electron chi connectivity index (χ4n) is 4.33. The van der Waals surface area contributed by atoms with Gasteiger partial charge in [-0.3, -0.25) is 14.8 Å². The molecule has 0 radical (unpaired) electrons. The van der Waals surface area contributed by atoms with Crippen LogP contribution in [0.3, 0.4) is 0 Å². The Kier molecular flexibility index (Phi) is 5.40. The third-order valence-corrected chi connectivity index (χ3v) is 5.46. The quantitative estimate of drug-likeness (QED) is 0.358. The van der Waals surface area contributed by atoms with Gasteiger partial charge < -0.3 is 9.47 Å². The Bertz CT molecular complexity index is 520. The molecule has 2 fully saturated rings. The van der Waals surface area contributed by atoms with Crippen LogP contribution in [0.5, 0.6) is 0 Å². The van der Waals surface area contributed by atoms with E-state index < -0.39 is 23.4 Å². The van der Waals surface area contributed by atoms with Crippen molar-refractivity contribution in [1.82, 2.24) is 0 Å². The average Bonchev–Trinajstić information content (AvgIpc) is 2.95. The molecule has 24 heavy (non-hydrogen) atoms. The Labute approximate surface area is 143 Å². The summed E-state index contributed by atoms with van der Waals surface area (Å²) in [6.45, 7) is 13.0. The number of carbonyl (C=O) groups is 2. The molecule has 6 nitrogen and oxygen atoms in total. The predicted octanol–water partition coefficient (Wildman–Crippen LogP) is 3.03. The van der Waals surface area contributed by atoms with Crippen LogP contribution in [0.2, 0.25) is 0 Å². The summed E-state index contributed by atoms with van der Waals surface area (Å²) in [6, 6.07) is 0. The van der Waals surface area contributed by atoms with Gasteiger partial charge in [-0.05, 0) is 50.9 Å². The van der Waals surface area contributed by atoms with Gasteiger partial charge in [-0.25, -0.2) is 4.89 Å². The van der Waals surface area contributed by atoms with Crippen molar-refractivity contribution in [3.05, 3.63) is 12.3 Å². The first-order valence-electron chi connectivity index (χ1n) is 8.45. The summed E-state index contributed by atoms with van der Waals surface area (Å²) in [5, 5.41) is 8.44. The molecule has 0 aliphatic heterocycles. The summed E-state index contributed by atoms with van der Waals surface area (Å²) in [5.41, 5.74) is -0.601. The molecule has 0 aromatic carbocycles. The third-order valence-electron chi connectivity index (χ3n) is 5.46. The van der Waals surface area contributed by atoms with Crippen molar-refractivity contribution in [2.24, 2.45) is 35.5 Å². The maximum Gasteiger partial charge on any atom is 0.315 e. The number of ether oxygens (including phenoxy) is 2.